The molecule has 8 aromatic rings. The molecule has 0 radical (unpaired) electrons. The first-order valence-corrected chi connectivity index (χ1v) is 20.9. The Labute approximate surface area is 365 Å². The monoisotopic (exact) mass is 847 g/mol. The second kappa shape index (κ2) is 19.8. The maximum Gasteiger partial charge on any atom is 0.306 e. The van der Waals surface area contributed by atoms with Crippen LogP contribution in [-0.4, -0.2) is 51.1 Å². The number of halogens is 2. The summed E-state index contributed by atoms with van der Waals surface area (Å²) in [5.74, 6) is 2.60. The molecule has 9 nitrogen and oxygen atoms in total. The van der Waals surface area contributed by atoms with Crippen molar-refractivity contribution in [2.45, 2.75) is 39.2 Å². The zero-order chi connectivity index (χ0) is 42.8. The van der Waals surface area contributed by atoms with Crippen LogP contribution in [-0.2, 0) is 9.53 Å². The topological polar surface area (TPSA) is 128 Å². The number of carbonyl (C=O) groups excluding carboxylic acids is 1. The van der Waals surface area contributed by atoms with Crippen LogP contribution in [0.25, 0.3) is 67.7 Å². The van der Waals surface area contributed by atoms with Gasteiger partial charge in [0.2, 0.25) is 0 Å². The molecule has 0 spiro atoms. The molecule has 11 heteroatoms. The molecule has 61 heavy (non-hydrogen) atoms. The molecule has 0 fully saturated rings. The molecule has 2 heterocycles. The summed E-state index contributed by atoms with van der Waals surface area (Å²) in [5, 5.41) is 14.6. The van der Waals surface area contributed by atoms with E-state index in [1.165, 1.54) is 0 Å². The minimum atomic E-state index is -0.472. The van der Waals surface area contributed by atoms with E-state index in [1.54, 1.807) is 0 Å². The van der Waals surface area contributed by atoms with E-state index < -0.39 is 5.60 Å². The third-order valence-corrected chi connectivity index (χ3v) is 9.96. The highest BCUT2D eigenvalue weighted by Crippen LogP contribution is 2.29. The van der Waals surface area contributed by atoms with Crippen molar-refractivity contribution < 1.29 is 9.53 Å². The predicted molar refractivity (Wildman–Crippen MR) is 256 cm³/mol. The normalized spacial score (nSPS) is 11.7. The number of benzene rings is 6. The van der Waals surface area contributed by atoms with Gasteiger partial charge in [-0.1, -0.05) is 108 Å². The summed E-state index contributed by atoms with van der Waals surface area (Å²) in [6.45, 7) is 7.41. The maximum absolute atomic E-state index is 12.0. The highest BCUT2D eigenvalue weighted by atomic mass is 35.5. The van der Waals surface area contributed by atoms with Crippen LogP contribution in [0.15, 0.2) is 121 Å². The van der Waals surface area contributed by atoms with E-state index in [1.807, 2.05) is 118 Å². The number of aromatic nitrogens is 4. The van der Waals surface area contributed by atoms with Gasteiger partial charge in [-0.2, -0.15) is 0 Å². The summed E-state index contributed by atoms with van der Waals surface area (Å²) >= 11 is 11.9. The molecule has 0 aliphatic rings. The van der Waals surface area contributed by atoms with Crippen molar-refractivity contribution in [3.8, 4) is 0 Å². The molecule has 0 saturated heterocycles. The number of nitrogens with zero attached hydrogens (tertiary/aromatic N) is 4. The Hall–Kier alpha value is -6.39. The number of rotatable bonds is 12. The number of nitrogens with two attached hydrogens (primary N) is 1. The fourth-order valence-corrected chi connectivity index (χ4v) is 6.85. The van der Waals surface area contributed by atoms with Gasteiger partial charge in [0.1, 0.15) is 17.2 Å². The molecule has 0 amide bonds. The molecular weight excluding hydrogens is 802 g/mol. The van der Waals surface area contributed by atoms with Gasteiger partial charge in [0.15, 0.2) is 11.6 Å². The van der Waals surface area contributed by atoms with Crippen molar-refractivity contribution in [1.29, 1.82) is 0 Å². The van der Waals surface area contributed by atoms with Crippen LogP contribution in [0.4, 0.5) is 11.6 Å². The first-order chi connectivity index (χ1) is 29.5. The highest BCUT2D eigenvalue weighted by Gasteiger charge is 2.16. The minimum Gasteiger partial charge on any atom is -0.460 e. The lowest BCUT2D eigenvalue weighted by molar-refractivity contribution is -0.154. The lowest BCUT2D eigenvalue weighted by Crippen LogP contribution is -2.24. The maximum atomic E-state index is 12.0. The Morgan fingerprint density at radius 1 is 0.607 bits per heavy atom. The SMILES string of the molecule is CC(C)(C)OC(=O)CCCNc1nc(/C=C/c2ccc(Cl)cc2)nc2cc3ccccc3cc12.NCCNc1nc(/C=C/c2ccc(Cl)cc2)nc2cc3ccccc3cc12. The van der Waals surface area contributed by atoms with E-state index in [-0.39, 0.29) is 5.97 Å². The van der Waals surface area contributed by atoms with E-state index in [4.69, 9.17) is 48.6 Å². The Morgan fingerprint density at radius 3 is 1.46 bits per heavy atom. The van der Waals surface area contributed by atoms with Gasteiger partial charge in [-0.15, -0.1) is 0 Å². The number of hydrogen-bond donors (Lipinski definition) is 3. The average molecular weight is 849 g/mol. The third-order valence-electron chi connectivity index (χ3n) is 9.46. The van der Waals surface area contributed by atoms with Crippen molar-refractivity contribution in [2.75, 3.05) is 30.3 Å². The molecule has 8 rings (SSSR count). The van der Waals surface area contributed by atoms with Gasteiger partial charge in [0.25, 0.3) is 0 Å². The number of anilines is 2. The summed E-state index contributed by atoms with van der Waals surface area (Å²) in [6, 6.07) is 40.1. The lowest BCUT2D eigenvalue weighted by atomic mass is 10.1. The molecule has 0 saturated carbocycles. The Morgan fingerprint density at radius 2 is 1.03 bits per heavy atom. The second-order valence-electron chi connectivity index (χ2n) is 15.4. The van der Waals surface area contributed by atoms with Crippen molar-refractivity contribution in [3.05, 3.63) is 154 Å². The van der Waals surface area contributed by atoms with E-state index >= 15 is 0 Å². The molecule has 4 N–H and O–H groups in total. The van der Waals surface area contributed by atoms with Crippen LogP contribution >= 0.6 is 23.2 Å². The van der Waals surface area contributed by atoms with Gasteiger partial charge >= 0.3 is 5.97 Å². The largest absolute Gasteiger partial charge is 0.460 e. The fourth-order valence-electron chi connectivity index (χ4n) is 6.60. The standard InChI is InChI=1S/C28H28ClN3O2.C22H19ClN4/c1-28(2,3)34-26(33)9-6-16-30-27-23-17-20-7-4-5-8-21(20)18-24(23)31-25(32-27)15-12-19-10-13-22(29)14-11-19;23-18-8-5-15(6-9-18)7-10-21-26-20-14-17-4-2-1-3-16(17)13-19(20)22(27-21)25-12-11-24/h4-5,7-8,10-15,17-18H,6,9,16H2,1-3H3,(H,30,31,32);1-10,13-14H,11-12,24H2,(H,25,26,27)/b15-12+;10-7+. The van der Waals surface area contributed by atoms with Crippen LogP contribution in [0.1, 0.15) is 56.4 Å². The Kier molecular flexibility index (Phi) is 13.9. The van der Waals surface area contributed by atoms with Crippen molar-refractivity contribution >= 4 is 108 Å². The zero-order valence-electron chi connectivity index (χ0n) is 34.3. The zero-order valence-corrected chi connectivity index (χ0v) is 35.8. The van der Waals surface area contributed by atoms with E-state index in [2.05, 4.69) is 64.1 Å². The van der Waals surface area contributed by atoms with Crippen LogP contribution in [0.2, 0.25) is 10.0 Å². The number of hydrogen-bond acceptors (Lipinski definition) is 9. The smallest absolute Gasteiger partial charge is 0.306 e. The van der Waals surface area contributed by atoms with Gasteiger partial charge in [-0.05, 0) is 121 Å². The van der Waals surface area contributed by atoms with Crippen molar-refractivity contribution in [2.24, 2.45) is 5.73 Å². The first kappa shape index (κ1) is 42.7. The molecule has 0 unspecified atom stereocenters. The molecule has 0 aliphatic carbocycles. The molecule has 2 aromatic heterocycles. The van der Waals surface area contributed by atoms with Crippen molar-refractivity contribution in [3.63, 3.8) is 0 Å². The molecular formula is C50H47Cl2N7O2. The van der Waals surface area contributed by atoms with Crippen molar-refractivity contribution in [1.82, 2.24) is 19.9 Å². The second-order valence-corrected chi connectivity index (χ2v) is 16.3. The van der Waals surface area contributed by atoms with Crippen LogP contribution in [0.3, 0.4) is 0 Å². The van der Waals surface area contributed by atoms with Gasteiger partial charge in [0.05, 0.1) is 11.0 Å². The Bertz CT molecular complexity index is 2860. The number of ether oxygens (including phenoxy) is 1. The summed E-state index contributed by atoms with van der Waals surface area (Å²) in [7, 11) is 0. The fraction of sp³-hybridized carbons (Fsp3) is 0.180. The molecule has 6 aromatic carbocycles. The van der Waals surface area contributed by atoms with Crippen LogP contribution in [0, 0.1) is 0 Å². The van der Waals surface area contributed by atoms with Gasteiger partial charge < -0.3 is 21.1 Å². The number of nitrogens with one attached hydrogen (secondary N) is 2. The highest BCUT2D eigenvalue weighted by molar-refractivity contribution is 6.30. The van der Waals surface area contributed by atoms with E-state index in [0.717, 1.165) is 66.1 Å². The molecule has 308 valence electrons. The van der Waals surface area contributed by atoms with E-state index in [9.17, 15) is 4.79 Å². The molecule has 0 bridgehead atoms. The van der Waals surface area contributed by atoms with Crippen LogP contribution in [0.5, 0.6) is 0 Å². The number of fused-ring (bicyclic) bond motifs is 4. The van der Waals surface area contributed by atoms with E-state index in [0.29, 0.717) is 54.2 Å². The summed E-state index contributed by atoms with van der Waals surface area (Å²) < 4.78 is 5.40. The van der Waals surface area contributed by atoms with Crippen LogP contribution < -0.4 is 16.4 Å². The van der Waals surface area contributed by atoms with Gasteiger partial charge in [-0.25, -0.2) is 19.9 Å². The summed E-state index contributed by atoms with van der Waals surface area (Å²) in [5.41, 5.74) is 9.01. The van der Waals surface area contributed by atoms with Gasteiger partial charge in [-0.3, -0.25) is 4.79 Å². The lowest BCUT2D eigenvalue weighted by Gasteiger charge is -2.19. The Balaban J connectivity index is 0.000000189. The van der Waals surface area contributed by atoms with Gasteiger partial charge in [0, 0.05) is 46.9 Å². The third kappa shape index (κ3) is 11.9. The average Bonchev–Trinajstić information content (AvgIpc) is 3.25. The number of carbonyl (C=O) groups is 1. The summed E-state index contributed by atoms with van der Waals surface area (Å²) in [6.07, 6.45) is 8.73. The molecule has 0 aliphatic heterocycles. The quantitative estimate of drug-likeness (QED) is 0.0625. The minimum absolute atomic E-state index is 0.195. The first-order valence-electron chi connectivity index (χ1n) is 20.2. The number of esters is 1. The predicted octanol–water partition coefficient (Wildman–Crippen LogP) is 12.1. The molecule has 0 atom stereocenters. The summed E-state index contributed by atoms with van der Waals surface area (Å²) in [4.78, 5) is 31.0.